The third-order valence-corrected chi connectivity index (χ3v) is 4.84. The van der Waals surface area contributed by atoms with Crippen molar-refractivity contribution in [3.63, 3.8) is 0 Å². The number of hydrogen-bond donors (Lipinski definition) is 0. The van der Waals surface area contributed by atoms with Gasteiger partial charge >= 0.3 is 5.97 Å². The lowest BCUT2D eigenvalue weighted by Gasteiger charge is -2.09. The molecule has 0 aliphatic carbocycles. The van der Waals surface area contributed by atoms with Crippen LogP contribution >= 0.6 is 0 Å². The summed E-state index contributed by atoms with van der Waals surface area (Å²) >= 11 is 0. The zero-order valence-corrected chi connectivity index (χ0v) is 15.8. The number of aromatic nitrogens is 1. The Morgan fingerprint density at radius 3 is 2.61 bits per heavy atom. The SMILES string of the molecule is COC(=O)c1cccc(N=Cc2cccn2-c2ccc3ccccc3c2)c1C. The average molecular weight is 368 g/mol. The first-order chi connectivity index (χ1) is 13.7. The zero-order chi connectivity index (χ0) is 19.5. The van der Waals surface area contributed by atoms with E-state index in [2.05, 4.69) is 39.9 Å². The van der Waals surface area contributed by atoms with Crippen LogP contribution < -0.4 is 0 Å². The van der Waals surface area contributed by atoms with E-state index in [0.717, 1.165) is 22.6 Å². The van der Waals surface area contributed by atoms with Crippen molar-refractivity contribution in [3.05, 3.63) is 95.8 Å². The van der Waals surface area contributed by atoms with Gasteiger partial charge in [-0.05, 0) is 59.7 Å². The number of methoxy groups -OCH3 is 1. The average Bonchev–Trinajstić information content (AvgIpc) is 3.20. The topological polar surface area (TPSA) is 43.6 Å². The molecule has 138 valence electrons. The molecule has 0 aliphatic heterocycles. The maximum atomic E-state index is 11.9. The summed E-state index contributed by atoms with van der Waals surface area (Å²) in [6.45, 7) is 1.88. The number of nitrogens with zero attached hydrogens (tertiary/aromatic N) is 2. The van der Waals surface area contributed by atoms with Crippen molar-refractivity contribution >= 4 is 28.6 Å². The molecule has 0 aliphatic rings. The molecule has 0 atom stereocenters. The zero-order valence-electron chi connectivity index (χ0n) is 15.8. The Morgan fingerprint density at radius 2 is 1.79 bits per heavy atom. The Kier molecular flexibility index (Phi) is 4.77. The molecule has 0 saturated heterocycles. The van der Waals surface area contributed by atoms with Gasteiger partial charge in [0.25, 0.3) is 0 Å². The van der Waals surface area contributed by atoms with Crippen LogP contribution in [0, 0.1) is 6.92 Å². The van der Waals surface area contributed by atoms with Crippen molar-refractivity contribution in [1.29, 1.82) is 0 Å². The lowest BCUT2D eigenvalue weighted by molar-refractivity contribution is 0.0600. The highest BCUT2D eigenvalue weighted by Gasteiger charge is 2.11. The van der Waals surface area contributed by atoms with Crippen molar-refractivity contribution in [2.75, 3.05) is 7.11 Å². The van der Waals surface area contributed by atoms with Crippen LogP contribution in [0.5, 0.6) is 0 Å². The Labute approximate surface area is 163 Å². The van der Waals surface area contributed by atoms with Gasteiger partial charge in [0.05, 0.1) is 30.3 Å². The van der Waals surface area contributed by atoms with Gasteiger partial charge in [0, 0.05) is 11.9 Å². The molecule has 0 bridgehead atoms. The molecule has 0 unspecified atom stereocenters. The maximum absolute atomic E-state index is 11.9. The quantitative estimate of drug-likeness (QED) is 0.354. The highest BCUT2D eigenvalue weighted by Crippen LogP contribution is 2.23. The van der Waals surface area contributed by atoms with Crippen molar-refractivity contribution in [3.8, 4) is 5.69 Å². The van der Waals surface area contributed by atoms with Crippen LogP contribution in [-0.2, 0) is 4.74 Å². The number of carbonyl (C=O) groups excluding carboxylic acids is 1. The van der Waals surface area contributed by atoms with Crippen molar-refractivity contribution in [2.45, 2.75) is 6.92 Å². The van der Waals surface area contributed by atoms with Gasteiger partial charge in [-0.3, -0.25) is 4.99 Å². The molecule has 0 amide bonds. The molecule has 1 aromatic heterocycles. The van der Waals surface area contributed by atoms with Gasteiger partial charge in [0.15, 0.2) is 0 Å². The summed E-state index contributed by atoms with van der Waals surface area (Å²) in [7, 11) is 1.38. The fourth-order valence-corrected chi connectivity index (χ4v) is 3.29. The second-order valence-corrected chi connectivity index (χ2v) is 6.53. The summed E-state index contributed by atoms with van der Waals surface area (Å²) in [5.74, 6) is -0.353. The Balaban J connectivity index is 1.69. The van der Waals surface area contributed by atoms with Gasteiger partial charge < -0.3 is 9.30 Å². The first-order valence-corrected chi connectivity index (χ1v) is 9.06. The number of benzene rings is 3. The van der Waals surface area contributed by atoms with Gasteiger partial charge in [-0.1, -0.05) is 36.4 Å². The largest absolute Gasteiger partial charge is 0.465 e. The number of ether oxygens (including phenoxy) is 1. The lowest BCUT2D eigenvalue weighted by atomic mass is 10.1. The van der Waals surface area contributed by atoms with E-state index in [1.54, 1.807) is 6.07 Å². The number of hydrogen-bond acceptors (Lipinski definition) is 3. The van der Waals surface area contributed by atoms with Crippen LogP contribution in [0.2, 0.25) is 0 Å². The normalized spacial score (nSPS) is 11.2. The summed E-state index contributed by atoms with van der Waals surface area (Å²) in [5.41, 5.74) is 4.11. The number of carbonyl (C=O) groups is 1. The first kappa shape index (κ1) is 17.7. The summed E-state index contributed by atoms with van der Waals surface area (Å²) in [6.07, 6.45) is 3.84. The van der Waals surface area contributed by atoms with E-state index in [1.807, 2.05) is 55.7 Å². The molecule has 4 rings (SSSR count). The highest BCUT2D eigenvalue weighted by atomic mass is 16.5. The third kappa shape index (κ3) is 3.32. The van der Waals surface area contributed by atoms with Crippen molar-refractivity contribution < 1.29 is 9.53 Å². The molecular weight excluding hydrogens is 348 g/mol. The molecule has 0 radical (unpaired) electrons. The summed E-state index contributed by atoms with van der Waals surface area (Å²) in [4.78, 5) is 16.5. The predicted octanol–water partition coefficient (Wildman–Crippen LogP) is 5.48. The maximum Gasteiger partial charge on any atom is 0.338 e. The molecule has 4 heteroatoms. The summed E-state index contributed by atoms with van der Waals surface area (Å²) in [6, 6.07) is 24.1. The van der Waals surface area contributed by atoms with Crippen LogP contribution in [-0.4, -0.2) is 23.9 Å². The molecule has 0 spiro atoms. The van der Waals surface area contributed by atoms with E-state index in [-0.39, 0.29) is 5.97 Å². The van der Waals surface area contributed by atoms with Gasteiger partial charge in [-0.2, -0.15) is 0 Å². The van der Waals surface area contributed by atoms with Crippen LogP contribution in [0.4, 0.5) is 5.69 Å². The fraction of sp³-hybridized carbons (Fsp3) is 0.0833. The molecular formula is C24H20N2O2. The standard InChI is InChI=1S/C24H20N2O2/c1-17-22(24(27)28-2)10-5-11-23(17)25-16-21-9-6-14-26(21)20-13-12-18-7-3-4-8-19(18)15-20/h3-16H,1-2H3. The van der Waals surface area contributed by atoms with Crippen molar-refractivity contribution in [1.82, 2.24) is 4.57 Å². The predicted molar refractivity (Wildman–Crippen MR) is 113 cm³/mol. The van der Waals surface area contributed by atoms with E-state index in [0.29, 0.717) is 5.56 Å². The lowest BCUT2D eigenvalue weighted by Crippen LogP contribution is -2.03. The van der Waals surface area contributed by atoms with E-state index < -0.39 is 0 Å². The molecule has 1 heterocycles. The van der Waals surface area contributed by atoms with Gasteiger partial charge in [-0.15, -0.1) is 0 Å². The molecule has 4 aromatic rings. The molecule has 0 N–H and O–H groups in total. The van der Waals surface area contributed by atoms with Crippen LogP contribution in [0.3, 0.4) is 0 Å². The third-order valence-electron chi connectivity index (χ3n) is 4.84. The second kappa shape index (κ2) is 7.53. The summed E-state index contributed by atoms with van der Waals surface area (Å²) < 4.78 is 6.93. The minimum absolute atomic E-state index is 0.353. The van der Waals surface area contributed by atoms with E-state index in [9.17, 15) is 4.79 Å². The number of aliphatic imine (C=N–C) groups is 1. The molecule has 0 fully saturated rings. The molecule has 0 saturated carbocycles. The van der Waals surface area contributed by atoms with E-state index in [4.69, 9.17) is 4.74 Å². The molecule has 4 nitrogen and oxygen atoms in total. The number of fused-ring (bicyclic) bond motifs is 1. The smallest absolute Gasteiger partial charge is 0.338 e. The van der Waals surface area contributed by atoms with E-state index in [1.165, 1.54) is 17.9 Å². The monoisotopic (exact) mass is 368 g/mol. The van der Waals surface area contributed by atoms with Crippen LogP contribution in [0.25, 0.3) is 16.5 Å². The number of rotatable bonds is 4. The molecule has 28 heavy (non-hydrogen) atoms. The summed E-state index contributed by atoms with van der Waals surface area (Å²) in [5, 5.41) is 2.40. The fourth-order valence-electron chi connectivity index (χ4n) is 3.29. The van der Waals surface area contributed by atoms with Gasteiger partial charge in [-0.25, -0.2) is 4.79 Å². The second-order valence-electron chi connectivity index (χ2n) is 6.53. The minimum atomic E-state index is -0.353. The van der Waals surface area contributed by atoms with Gasteiger partial charge in [0.2, 0.25) is 0 Å². The minimum Gasteiger partial charge on any atom is -0.465 e. The highest BCUT2D eigenvalue weighted by molar-refractivity contribution is 5.93. The van der Waals surface area contributed by atoms with Gasteiger partial charge in [0.1, 0.15) is 0 Å². The Bertz CT molecular complexity index is 1190. The first-order valence-electron chi connectivity index (χ1n) is 9.06. The Hall–Kier alpha value is -3.66. The van der Waals surface area contributed by atoms with Crippen LogP contribution in [0.15, 0.2) is 84.0 Å². The van der Waals surface area contributed by atoms with Crippen LogP contribution in [0.1, 0.15) is 21.6 Å². The van der Waals surface area contributed by atoms with Crippen molar-refractivity contribution in [2.24, 2.45) is 4.99 Å². The molecule has 3 aromatic carbocycles. The van der Waals surface area contributed by atoms with E-state index >= 15 is 0 Å². The Morgan fingerprint density at radius 1 is 0.964 bits per heavy atom. The number of esters is 1.